The topological polar surface area (TPSA) is 57.3 Å². The zero-order chi connectivity index (χ0) is 12.3. The van der Waals surface area contributed by atoms with Gasteiger partial charge in [0.25, 0.3) is 0 Å². The maximum Gasteiger partial charge on any atom is 0.313 e. The third-order valence-corrected chi connectivity index (χ3v) is 2.34. The van der Waals surface area contributed by atoms with Gasteiger partial charge in [0.05, 0.1) is 17.2 Å². The van der Waals surface area contributed by atoms with Crippen LogP contribution in [-0.4, -0.2) is 16.1 Å². The first-order valence-electron chi connectivity index (χ1n) is 5.27. The number of nitro groups is 1. The Morgan fingerprint density at radius 3 is 2.65 bits per heavy atom. The van der Waals surface area contributed by atoms with E-state index < -0.39 is 4.92 Å². The number of hydrogen-bond donors (Lipinski definition) is 0. The van der Waals surface area contributed by atoms with Crippen molar-refractivity contribution in [2.45, 2.75) is 6.92 Å². The summed E-state index contributed by atoms with van der Waals surface area (Å²) < 4.78 is 7.03. The van der Waals surface area contributed by atoms with Crippen LogP contribution in [0.1, 0.15) is 6.92 Å². The second-order valence-electron chi connectivity index (χ2n) is 3.43. The average molecular weight is 232 g/mol. The third kappa shape index (κ3) is 2.28. The quantitative estimate of drug-likeness (QED) is 0.601. The van der Waals surface area contributed by atoms with Crippen molar-refractivity contribution in [2.75, 3.05) is 6.61 Å². The van der Waals surface area contributed by atoms with Crippen molar-refractivity contribution in [3.05, 3.63) is 52.8 Å². The number of nitrogens with zero attached hydrogens (tertiary/aromatic N) is 2. The van der Waals surface area contributed by atoms with Crippen molar-refractivity contribution in [1.82, 2.24) is 4.57 Å². The molecule has 5 nitrogen and oxygen atoms in total. The molecule has 5 heteroatoms. The monoisotopic (exact) mass is 232 g/mol. The number of hydrogen-bond acceptors (Lipinski definition) is 3. The molecule has 1 aromatic heterocycles. The zero-order valence-corrected chi connectivity index (χ0v) is 9.37. The second-order valence-corrected chi connectivity index (χ2v) is 3.43. The molecule has 2 aromatic rings. The average Bonchev–Trinajstić information content (AvgIpc) is 2.83. The first-order valence-corrected chi connectivity index (χ1v) is 5.27. The van der Waals surface area contributed by atoms with Crippen molar-refractivity contribution in [1.29, 1.82) is 0 Å². The van der Waals surface area contributed by atoms with Gasteiger partial charge in [0.15, 0.2) is 5.75 Å². The Morgan fingerprint density at radius 2 is 2.06 bits per heavy atom. The number of ether oxygens (including phenoxy) is 1. The largest absolute Gasteiger partial charge is 0.487 e. The highest BCUT2D eigenvalue weighted by atomic mass is 16.6. The van der Waals surface area contributed by atoms with Gasteiger partial charge in [-0.05, 0) is 31.2 Å². The number of aromatic nitrogens is 1. The standard InChI is InChI=1S/C12H12N2O3/c1-2-17-12-6-5-10(9-11(12)14(15)16)13-7-3-4-8-13/h3-9H,2H2,1H3. The minimum atomic E-state index is -0.433. The van der Waals surface area contributed by atoms with Crippen molar-refractivity contribution in [3.8, 4) is 11.4 Å². The molecule has 1 aromatic carbocycles. The summed E-state index contributed by atoms with van der Waals surface area (Å²) >= 11 is 0. The Kier molecular flexibility index (Phi) is 3.09. The van der Waals surface area contributed by atoms with Crippen LogP contribution >= 0.6 is 0 Å². The van der Waals surface area contributed by atoms with Gasteiger partial charge in [-0.2, -0.15) is 0 Å². The Balaban J connectivity index is 2.45. The van der Waals surface area contributed by atoms with E-state index in [4.69, 9.17) is 4.74 Å². The van der Waals surface area contributed by atoms with Gasteiger partial charge in [0.2, 0.25) is 0 Å². The fraction of sp³-hybridized carbons (Fsp3) is 0.167. The molecule has 17 heavy (non-hydrogen) atoms. The normalized spacial score (nSPS) is 10.2. The van der Waals surface area contributed by atoms with Gasteiger partial charge in [-0.1, -0.05) is 0 Å². The van der Waals surface area contributed by atoms with Crippen molar-refractivity contribution < 1.29 is 9.66 Å². The van der Waals surface area contributed by atoms with Crippen LogP contribution in [0.2, 0.25) is 0 Å². The Hall–Kier alpha value is -2.30. The van der Waals surface area contributed by atoms with E-state index in [9.17, 15) is 10.1 Å². The van der Waals surface area contributed by atoms with Crippen molar-refractivity contribution >= 4 is 5.69 Å². The fourth-order valence-electron chi connectivity index (χ4n) is 1.59. The molecular weight excluding hydrogens is 220 g/mol. The van der Waals surface area contributed by atoms with E-state index in [1.165, 1.54) is 6.07 Å². The lowest BCUT2D eigenvalue weighted by atomic mass is 10.2. The van der Waals surface area contributed by atoms with Gasteiger partial charge in [-0.15, -0.1) is 0 Å². The SMILES string of the molecule is CCOc1ccc(-n2cccc2)cc1[N+](=O)[O-]. The van der Waals surface area contributed by atoms with E-state index in [1.807, 2.05) is 29.1 Å². The second kappa shape index (κ2) is 4.69. The molecule has 0 aliphatic heterocycles. The van der Waals surface area contributed by atoms with E-state index in [2.05, 4.69) is 0 Å². The molecule has 2 rings (SSSR count). The van der Waals surface area contributed by atoms with Gasteiger partial charge >= 0.3 is 5.69 Å². The van der Waals surface area contributed by atoms with Crippen LogP contribution in [0.3, 0.4) is 0 Å². The first kappa shape index (κ1) is 11.2. The maximum atomic E-state index is 10.9. The predicted molar refractivity (Wildman–Crippen MR) is 63.6 cm³/mol. The van der Waals surface area contributed by atoms with Gasteiger partial charge in [-0.25, -0.2) is 0 Å². The van der Waals surface area contributed by atoms with Crippen molar-refractivity contribution in [3.63, 3.8) is 0 Å². The highest BCUT2D eigenvalue weighted by Gasteiger charge is 2.15. The molecule has 0 saturated carbocycles. The van der Waals surface area contributed by atoms with Crippen molar-refractivity contribution in [2.24, 2.45) is 0 Å². The summed E-state index contributed by atoms with van der Waals surface area (Å²) in [7, 11) is 0. The Morgan fingerprint density at radius 1 is 1.35 bits per heavy atom. The molecule has 0 amide bonds. The summed E-state index contributed by atoms with van der Waals surface area (Å²) in [6.07, 6.45) is 3.67. The van der Waals surface area contributed by atoms with Crippen LogP contribution in [0.4, 0.5) is 5.69 Å². The summed E-state index contributed by atoms with van der Waals surface area (Å²) in [5, 5.41) is 10.9. The lowest BCUT2D eigenvalue weighted by Gasteiger charge is -2.07. The molecule has 0 N–H and O–H groups in total. The molecule has 0 radical (unpaired) electrons. The number of rotatable bonds is 4. The summed E-state index contributed by atoms with van der Waals surface area (Å²) in [4.78, 5) is 10.5. The number of benzene rings is 1. The van der Waals surface area contributed by atoms with Gasteiger partial charge in [-0.3, -0.25) is 10.1 Å². The molecular formula is C12H12N2O3. The molecule has 0 fully saturated rings. The maximum absolute atomic E-state index is 10.9. The van der Waals surface area contributed by atoms with Gasteiger partial charge in [0.1, 0.15) is 0 Å². The lowest BCUT2D eigenvalue weighted by molar-refractivity contribution is -0.385. The smallest absolute Gasteiger partial charge is 0.313 e. The van der Waals surface area contributed by atoms with Crippen LogP contribution in [0.25, 0.3) is 5.69 Å². The van der Waals surface area contributed by atoms with E-state index in [1.54, 1.807) is 19.1 Å². The van der Waals surface area contributed by atoms with Crippen LogP contribution in [0.5, 0.6) is 5.75 Å². The third-order valence-electron chi connectivity index (χ3n) is 2.34. The molecule has 0 spiro atoms. The predicted octanol–water partition coefficient (Wildman–Crippen LogP) is 2.78. The Labute approximate surface area is 98.4 Å². The summed E-state index contributed by atoms with van der Waals surface area (Å²) in [6.45, 7) is 2.20. The highest BCUT2D eigenvalue weighted by molar-refractivity contribution is 5.53. The Bertz CT molecular complexity index is 521. The number of nitro benzene ring substituents is 1. The minimum Gasteiger partial charge on any atom is -0.487 e. The van der Waals surface area contributed by atoms with Crippen LogP contribution in [0, 0.1) is 10.1 Å². The van der Waals surface area contributed by atoms with Crippen LogP contribution in [-0.2, 0) is 0 Å². The molecule has 0 atom stereocenters. The van der Waals surface area contributed by atoms with Crippen LogP contribution in [0.15, 0.2) is 42.7 Å². The molecule has 0 unspecified atom stereocenters. The molecule has 1 heterocycles. The zero-order valence-electron chi connectivity index (χ0n) is 9.37. The van der Waals surface area contributed by atoms with Gasteiger partial charge in [0, 0.05) is 18.5 Å². The first-order chi connectivity index (χ1) is 8.22. The van der Waals surface area contributed by atoms with E-state index >= 15 is 0 Å². The van der Waals surface area contributed by atoms with E-state index in [-0.39, 0.29) is 5.69 Å². The molecule has 0 aliphatic rings. The summed E-state index contributed by atoms with van der Waals surface area (Å²) in [6, 6.07) is 8.64. The fourth-order valence-corrected chi connectivity index (χ4v) is 1.59. The molecule has 0 bridgehead atoms. The molecule has 0 aliphatic carbocycles. The van der Waals surface area contributed by atoms with Gasteiger partial charge < -0.3 is 9.30 Å². The van der Waals surface area contributed by atoms with Crippen LogP contribution < -0.4 is 4.74 Å². The summed E-state index contributed by atoms with van der Waals surface area (Å²) in [5.41, 5.74) is 0.725. The van der Waals surface area contributed by atoms with E-state index in [0.717, 1.165) is 5.69 Å². The lowest BCUT2D eigenvalue weighted by Crippen LogP contribution is -1.99. The molecule has 88 valence electrons. The minimum absolute atomic E-state index is 0.0157. The summed E-state index contributed by atoms with van der Waals surface area (Å²) in [5.74, 6) is 0.299. The highest BCUT2D eigenvalue weighted by Crippen LogP contribution is 2.29. The van der Waals surface area contributed by atoms with E-state index in [0.29, 0.717) is 12.4 Å². The molecule has 0 saturated heterocycles.